The molecule has 2 rings (SSSR count). The topological polar surface area (TPSA) is 20.2 Å². The van der Waals surface area contributed by atoms with E-state index in [0.717, 1.165) is 12.3 Å². The van der Waals surface area contributed by atoms with Crippen LogP contribution in [0.4, 0.5) is 0 Å². The molecule has 0 bridgehead atoms. The highest BCUT2D eigenvalue weighted by molar-refractivity contribution is 5.06. The summed E-state index contributed by atoms with van der Waals surface area (Å²) in [5, 5.41) is 10.3. The molecule has 0 aliphatic heterocycles. The first-order valence-corrected chi connectivity index (χ1v) is 6.78. The van der Waals surface area contributed by atoms with Crippen LogP contribution in [0.25, 0.3) is 0 Å². The molecule has 2 aliphatic carbocycles. The second-order valence-electron chi connectivity index (χ2n) is 6.50. The Kier molecular flexibility index (Phi) is 3.18. The predicted octanol–water partition coefficient (Wildman–Crippen LogP) is 3.78. The molecular weight excluding hydrogens is 196 g/mol. The highest BCUT2D eigenvalue weighted by Gasteiger charge is 2.49. The Morgan fingerprint density at radius 2 is 2.00 bits per heavy atom. The lowest BCUT2D eigenvalue weighted by molar-refractivity contribution is -0.0957. The van der Waals surface area contributed by atoms with Crippen LogP contribution in [-0.2, 0) is 0 Å². The van der Waals surface area contributed by atoms with E-state index in [1.165, 1.54) is 31.3 Å². The Hall–Kier alpha value is -0.300. The summed E-state index contributed by atoms with van der Waals surface area (Å²) < 4.78 is 0. The van der Waals surface area contributed by atoms with Gasteiger partial charge in [0.15, 0.2) is 0 Å². The van der Waals surface area contributed by atoms with Gasteiger partial charge in [0.25, 0.3) is 0 Å². The lowest BCUT2D eigenvalue weighted by Gasteiger charge is -2.53. The number of aliphatic hydroxyl groups excluding tert-OH is 1. The summed E-state index contributed by atoms with van der Waals surface area (Å²) in [5.41, 5.74) is 1.53. The average Bonchev–Trinajstić information content (AvgIpc) is 2.24. The molecule has 0 aromatic carbocycles. The standard InChI is InChI=1S/C15H26O/c1-10(2)12-7-8-15(4)13(9-12)11(3)5-6-14(15)16/h11-14,16H,1,5-9H2,2-4H3/t11-,12+,13-,14-,15+/m0/s1. The van der Waals surface area contributed by atoms with E-state index in [9.17, 15) is 5.11 Å². The quantitative estimate of drug-likeness (QED) is 0.669. The van der Waals surface area contributed by atoms with Gasteiger partial charge in [-0.15, -0.1) is 0 Å². The molecule has 0 heterocycles. The third kappa shape index (κ3) is 1.84. The van der Waals surface area contributed by atoms with Gasteiger partial charge in [0.1, 0.15) is 0 Å². The van der Waals surface area contributed by atoms with Crippen LogP contribution >= 0.6 is 0 Å². The molecule has 0 unspecified atom stereocenters. The highest BCUT2D eigenvalue weighted by atomic mass is 16.3. The van der Waals surface area contributed by atoms with Crippen LogP contribution in [0.3, 0.4) is 0 Å². The van der Waals surface area contributed by atoms with E-state index in [1.54, 1.807) is 0 Å². The lowest BCUT2D eigenvalue weighted by Crippen LogP contribution is -2.49. The Labute approximate surface area is 99.9 Å². The van der Waals surface area contributed by atoms with Gasteiger partial charge in [-0.05, 0) is 62.2 Å². The van der Waals surface area contributed by atoms with Crippen LogP contribution in [0.15, 0.2) is 12.2 Å². The van der Waals surface area contributed by atoms with E-state index in [2.05, 4.69) is 27.4 Å². The van der Waals surface area contributed by atoms with Crippen LogP contribution in [0.1, 0.15) is 52.9 Å². The van der Waals surface area contributed by atoms with Crippen molar-refractivity contribution in [1.29, 1.82) is 0 Å². The fourth-order valence-corrected chi connectivity index (χ4v) is 4.06. The first kappa shape index (κ1) is 12.2. The highest BCUT2D eigenvalue weighted by Crippen LogP contribution is 2.54. The van der Waals surface area contributed by atoms with E-state index in [0.29, 0.717) is 11.8 Å². The summed E-state index contributed by atoms with van der Waals surface area (Å²) in [6, 6.07) is 0. The minimum absolute atomic E-state index is 0.0697. The van der Waals surface area contributed by atoms with Gasteiger partial charge in [0, 0.05) is 0 Å². The summed E-state index contributed by atoms with van der Waals surface area (Å²) in [4.78, 5) is 0. The molecule has 0 aromatic heterocycles. The molecule has 2 aliphatic rings. The van der Waals surface area contributed by atoms with E-state index in [-0.39, 0.29) is 11.5 Å². The van der Waals surface area contributed by atoms with Crippen LogP contribution in [0.5, 0.6) is 0 Å². The summed E-state index contributed by atoms with van der Waals surface area (Å²) in [5.74, 6) is 2.17. The number of hydrogen-bond donors (Lipinski definition) is 1. The van der Waals surface area contributed by atoms with Crippen LogP contribution in [0, 0.1) is 23.2 Å². The second-order valence-corrected chi connectivity index (χ2v) is 6.50. The Morgan fingerprint density at radius 1 is 1.31 bits per heavy atom. The van der Waals surface area contributed by atoms with Gasteiger partial charge in [-0.3, -0.25) is 0 Å². The fraction of sp³-hybridized carbons (Fsp3) is 0.867. The maximum absolute atomic E-state index is 10.3. The zero-order valence-electron chi connectivity index (χ0n) is 11.0. The molecular formula is C15H26O. The van der Waals surface area contributed by atoms with Crippen molar-refractivity contribution in [3.8, 4) is 0 Å². The molecule has 0 spiro atoms. The maximum Gasteiger partial charge on any atom is 0.0596 e. The minimum Gasteiger partial charge on any atom is -0.393 e. The first-order valence-electron chi connectivity index (χ1n) is 6.78. The van der Waals surface area contributed by atoms with Crippen molar-refractivity contribution in [3.05, 3.63) is 12.2 Å². The van der Waals surface area contributed by atoms with E-state index in [1.807, 2.05) is 0 Å². The first-order chi connectivity index (χ1) is 7.45. The molecule has 1 heteroatoms. The molecule has 0 radical (unpaired) electrons. The van der Waals surface area contributed by atoms with E-state index in [4.69, 9.17) is 0 Å². The van der Waals surface area contributed by atoms with Crippen molar-refractivity contribution in [2.75, 3.05) is 0 Å². The van der Waals surface area contributed by atoms with Gasteiger partial charge in [-0.25, -0.2) is 0 Å². The zero-order valence-corrected chi connectivity index (χ0v) is 11.0. The third-order valence-corrected chi connectivity index (χ3v) is 5.46. The third-order valence-electron chi connectivity index (χ3n) is 5.46. The van der Waals surface area contributed by atoms with Gasteiger partial charge in [-0.2, -0.15) is 0 Å². The van der Waals surface area contributed by atoms with E-state index >= 15 is 0 Å². The van der Waals surface area contributed by atoms with Crippen molar-refractivity contribution in [2.24, 2.45) is 23.2 Å². The van der Waals surface area contributed by atoms with Gasteiger partial charge < -0.3 is 5.11 Å². The van der Waals surface area contributed by atoms with Crippen molar-refractivity contribution in [1.82, 2.24) is 0 Å². The molecule has 2 fully saturated rings. The zero-order chi connectivity index (χ0) is 11.9. The number of hydrogen-bond acceptors (Lipinski definition) is 1. The van der Waals surface area contributed by atoms with Crippen LogP contribution in [-0.4, -0.2) is 11.2 Å². The Bertz CT molecular complexity index is 283. The average molecular weight is 222 g/mol. The largest absolute Gasteiger partial charge is 0.393 e. The van der Waals surface area contributed by atoms with E-state index < -0.39 is 0 Å². The van der Waals surface area contributed by atoms with Crippen molar-refractivity contribution >= 4 is 0 Å². The summed E-state index contributed by atoms with van der Waals surface area (Å²) >= 11 is 0. The molecule has 2 saturated carbocycles. The smallest absolute Gasteiger partial charge is 0.0596 e. The monoisotopic (exact) mass is 222 g/mol. The second kappa shape index (κ2) is 4.18. The molecule has 92 valence electrons. The summed E-state index contributed by atoms with van der Waals surface area (Å²) in [7, 11) is 0. The van der Waals surface area contributed by atoms with Gasteiger partial charge in [0.2, 0.25) is 0 Å². The molecule has 0 amide bonds. The number of aliphatic hydroxyl groups is 1. The molecule has 16 heavy (non-hydrogen) atoms. The molecule has 5 atom stereocenters. The molecule has 1 N–H and O–H groups in total. The number of rotatable bonds is 1. The SMILES string of the molecule is C=C(C)[C@@H]1CC[C@@]2(C)[C@@H](O)CC[C@H](C)[C@@H]2C1. The number of fused-ring (bicyclic) bond motifs is 1. The van der Waals surface area contributed by atoms with Crippen LogP contribution < -0.4 is 0 Å². The van der Waals surface area contributed by atoms with Crippen molar-refractivity contribution < 1.29 is 5.11 Å². The van der Waals surface area contributed by atoms with Gasteiger partial charge in [-0.1, -0.05) is 26.0 Å². The molecule has 1 nitrogen and oxygen atoms in total. The van der Waals surface area contributed by atoms with Crippen LogP contribution in [0.2, 0.25) is 0 Å². The lowest BCUT2D eigenvalue weighted by atomic mass is 9.53. The predicted molar refractivity (Wildman–Crippen MR) is 68.2 cm³/mol. The fourth-order valence-electron chi connectivity index (χ4n) is 4.06. The van der Waals surface area contributed by atoms with Gasteiger partial charge >= 0.3 is 0 Å². The normalized spacial score (nSPS) is 48.5. The summed E-state index contributed by atoms with van der Waals surface area (Å²) in [6.45, 7) is 11.0. The molecule has 0 saturated heterocycles. The minimum atomic E-state index is -0.0697. The Balaban J connectivity index is 2.18. The van der Waals surface area contributed by atoms with Crippen molar-refractivity contribution in [3.63, 3.8) is 0 Å². The Morgan fingerprint density at radius 3 is 2.62 bits per heavy atom. The summed E-state index contributed by atoms with van der Waals surface area (Å²) in [6.07, 6.45) is 5.80. The van der Waals surface area contributed by atoms with Gasteiger partial charge in [0.05, 0.1) is 6.10 Å². The number of allylic oxidation sites excluding steroid dienone is 1. The molecule has 0 aromatic rings. The van der Waals surface area contributed by atoms with Crippen molar-refractivity contribution in [2.45, 2.75) is 59.0 Å². The maximum atomic E-state index is 10.3.